The molecule has 2 aromatic rings. The highest BCUT2D eigenvalue weighted by Crippen LogP contribution is 2.35. The normalized spacial score (nSPS) is 15.8. The van der Waals surface area contributed by atoms with Crippen LogP contribution >= 0.6 is 0 Å². The second-order valence-electron chi connectivity index (χ2n) is 7.83. The van der Waals surface area contributed by atoms with E-state index >= 15 is 0 Å². The minimum atomic E-state index is -0.695. The first-order valence-electron chi connectivity index (χ1n) is 9.79. The Morgan fingerprint density at radius 2 is 2.10 bits per heavy atom. The second-order valence-corrected chi connectivity index (χ2v) is 7.83. The molecular weight excluding hydrogens is 381 g/mol. The van der Waals surface area contributed by atoms with E-state index in [1.165, 1.54) is 6.07 Å². The largest absolute Gasteiger partial charge is 0.461 e. The Hall–Kier alpha value is -3.17. The van der Waals surface area contributed by atoms with Gasteiger partial charge in [-0.25, -0.2) is 4.39 Å². The number of hydrogen-bond donors (Lipinski definition) is 1. The van der Waals surface area contributed by atoms with E-state index in [0.717, 1.165) is 33.7 Å². The maximum Gasteiger partial charge on any atom is 0.205 e. The fourth-order valence-electron chi connectivity index (χ4n) is 3.12. The fraction of sp³-hybridized carbons (Fsp3) is 0.333. The van der Waals surface area contributed by atoms with E-state index in [1.54, 1.807) is 25.3 Å². The van der Waals surface area contributed by atoms with Gasteiger partial charge in [-0.3, -0.25) is 4.98 Å². The van der Waals surface area contributed by atoms with Gasteiger partial charge in [-0.05, 0) is 55.7 Å². The molecule has 0 unspecified atom stereocenters. The molecule has 0 saturated heterocycles. The van der Waals surface area contributed by atoms with Crippen LogP contribution < -0.4 is 10.1 Å². The first-order valence-corrected chi connectivity index (χ1v) is 9.79. The van der Waals surface area contributed by atoms with Crippen LogP contribution in [0.4, 0.5) is 10.1 Å². The molecule has 0 amide bonds. The molecule has 0 fully saturated rings. The third-order valence-corrected chi connectivity index (χ3v) is 4.97. The Kier molecular flexibility index (Phi) is 6.23. The summed E-state index contributed by atoms with van der Waals surface area (Å²) in [5.41, 5.74) is 5.29. The summed E-state index contributed by atoms with van der Waals surface area (Å²) in [7, 11) is 0. The van der Waals surface area contributed by atoms with Crippen molar-refractivity contribution in [1.82, 2.24) is 4.98 Å². The van der Waals surface area contributed by atoms with Gasteiger partial charge in [-0.2, -0.15) is 5.26 Å². The summed E-state index contributed by atoms with van der Waals surface area (Å²) in [6.07, 6.45) is 5.31. The average molecular weight is 407 g/mol. The zero-order chi connectivity index (χ0) is 21.9. The minimum absolute atomic E-state index is 0.344. The minimum Gasteiger partial charge on any atom is -0.461 e. The Bertz CT molecular complexity index is 1060. The first-order chi connectivity index (χ1) is 14.2. The Morgan fingerprint density at radius 1 is 1.33 bits per heavy atom. The molecule has 0 radical (unpaired) electrons. The lowest BCUT2D eigenvalue weighted by atomic mass is 10.0. The van der Waals surface area contributed by atoms with Crippen molar-refractivity contribution in [2.45, 2.75) is 53.6 Å². The van der Waals surface area contributed by atoms with Gasteiger partial charge in [0.2, 0.25) is 5.79 Å². The molecule has 0 aliphatic carbocycles. The number of hydrogen-bond acceptors (Lipinski definition) is 5. The highest BCUT2D eigenvalue weighted by atomic mass is 19.1. The summed E-state index contributed by atoms with van der Waals surface area (Å²) in [5, 5.41) is 12.0. The zero-order valence-electron chi connectivity index (χ0n) is 18.0. The van der Waals surface area contributed by atoms with Crippen molar-refractivity contribution >= 4 is 11.3 Å². The van der Waals surface area contributed by atoms with Gasteiger partial charge in [-0.15, -0.1) is 0 Å². The van der Waals surface area contributed by atoms with Gasteiger partial charge in [0.25, 0.3) is 0 Å². The van der Waals surface area contributed by atoms with Gasteiger partial charge >= 0.3 is 0 Å². The number of fused-ring (bicyclic) bond motifs is 1. The molecule has 0 bridgehead atoms. The van der Waals surface area contributed by atoms with Crippen LogP contribution in [0.15, 0.2) is 42.1 Å². The van der Waals surface area contributed by atoms with Crippen molar-refractivity contribution in [3.8, 4) is 11.8 Å². The number of nitriles is 1. The number of aromatic nitrogens is 1. The van der Waals surface area contributed by atoms with Crippen molar-refractivity contribution in [2.75, 3.05) is 5.32 Å². The van der Waals surface area contributed by atoms with E-state index in [4.69, 9.17) is 14.7 Å². The van der Waals surface area contributed by atoms with Crippen LogP contribution in [0, 0.1) is 24.1 Å². The third kappa shape index (κ3) is 4.87. The van der Waals surface area contributed by atoms with Crippen LogP contribution in [0.2, 0.25) is 0 Å². The molecule has 30 heavy (non-hydrogen) atoms. The molecule has 1 aromatic heterocycles. The van der Waals surface area contributed by atoms with Crippen LogP contribution in [-0.2, 0) is 17.9 Å². The lowest BCUT2D eigenvalue weighted by Gasteiger charge is -2.34. The predicted molar refractivity (Wildman–Crippen MR) is 115 cm³/mol. The van der Waals surface area contributed by atoms with Crippen molar-refractivity contribution in [3.63, 3.8) is 0 Å². The van der Waals surface area contributed by atoms with E-state index in [9.17, 15) is 4.39 Å². The van der Waals surface area contributed by atoms with E-state index < -0.39 is 5.79 Å². The van der Waals surface area contributed by atoms with Crippen LogP contribution in [0.5, 0.6) is 5.75 Å². The maximum atomic E-state index is 14.7. The van der Waals surface area contributed by atoms with Crippen molar-refractivity contribution < 1.29 is 13.9 Å². The van der Waals surface area contributed by atoms with E-state index in [2.05, 4.69) is 16.4 Å². The highest BCUT2D eigenvalue weighted by Gasteiger charge is 2.30. The van der Waals surface area contributed by atoms with Crippen LogP contribution in [0.3, 0.4) is 0 Å². The molecular formula is C24H26FN3O2. The molecule has 2 heterocycles. The number of rotatable bonds is 5. The topological polar surface area (TPSA) is 67.2 Å². The molecule has 1 aliphatic heterocycles. The second kappa shape index (κ2) is 8.68. The van der Waals surface area contributed by atoms with E-state index in [1.807, 2.05) is 39.8 Å². The van der Waals surface area contributed by atoms with Crippen molar-refractivity contribution in [2.24, 2.45) is 0 Å². The summed E-state index contributed by atoms with van der Waals surface area (Å²) in [4.78, 5) is 4.42. The monoisotopic (exact) mass is 407 g/mol. The van der Waals surface area contributed by atoms with Crippen LogP contribution in [0.1, 0.15) is 50.1 Å². The van der Waals surface area contributed by atoms with E-state index in [0.29, 0.717) is 24.4 Å². The van der Waals surface area contributed by atoms with Crippen LogP contribution in [0.25, 0.3) is 5.57 Å². The van der Waals surface area contributed by atoms with Gasteiger partial charge in [0, 0.05) is 37.7 Å². The van der Waals surface area contributed by atoms with Gasteiger partial charge < -0.3 is 14.8 Å². The quantitative estimate of drug-likeness (QED) is 0.512. The standard InChI is InChI=1S/C24H26FN3O2/c1-15(11-26)6-7-16(2)18-8-9-22(21(25)10-18)28-13-19-12-27-17(3)23-20(19)14-29-24(4,5)30-23/h6-10,12,28H,13-14H2,1-5H3/b15-6+,16-7+. The molecule has 5 nitrogen and oxygen atoms in total. The Labute approximate surface area is 176 Å². The van der Waals surface area contributed by atoms with Gasteiger partial charge in [-0.1, -0.05) is 12.1 Å². The molecule has 0 spiro atoms. The molecule has 3 rings (SSSR count). The summed E-state index contributed by atoms with van der Waals surface area (Å²) in [6, 6.07) is 7.12. The number of benzene rings is 1. The summed E-state index contributed by atoms with van der Waals surface area (Å²) in [5.74, 6) is -0.300. The number of nitrogens with zero attached hydrogens (tertiary/aromatic N) is 2. The van der Waals surface area contributed by atoms with Crippen LogP contribution in [-0.4, -0.2) is 10.8 Å². The van der Waals surface area contributed by atoms with Gasteiger partial charge in [0.05, 0.1) is 24.1 Å². The number of ether oxygens (including phenoxy) is 2. The highest BCUT2D eigenvalue weighted by molar-refractivity contribution is 5.67. The summed E-state index contributed by atoms with van der Waals surface area (Å²) in [6.45, 7) is 10.1. The Balaban J connectivity index is 1.77. The number of nitrogens with one attached hydrogen (secondary N) is 1. The number of anilines is 1. The van der Waals surface area contributed by atoms with Gasteiger partial charge in [0.15, 0.2) is 0 Å². The molecule has 1 N–H and O–H groups in total. The molecule has 0 atom stereocenters. The zero-order valence-corrected chi connectivity index (χ0v) is 18.0. The molecule has 156 valence electrons. The third-order valence-electron chi connectivity index (χ3n) is 4.97. The summed E-state index contributed by atoms with van der Waals surface area (Å²) >= 11 is 0. The molecule has 1 aliphatic rings. The number of allylic oxidation sites excluding steroid dienone is 4. The Morgan fingerprint density at radius 3 is 2.80 bits per heavy atom. The molecule has 6 heteroatoms. The summed E-state index contributed by atoms with van der Waals surface area (Å²) < 4.78 is 26.4. The lowest BCUT2D eigenvalue weighted by molar-refractivity contribution is -0.180. The average Bonchev–Trinajstić information content (AvgIpc) is 2.71. The van der Waals surface area contributed by atoms with E-state index in [-0.39, 0.29) is 5.82 Å². The number of aryl methyl sites for hydroxylation is 1. The fourth-order valence-corrected chi connectivity index (χ4v) is 3.12. The molecule has 1 aromatic carbocycles. The lowest BCUT2D eigenvalue weighted by Crippen LogP contribution is -2.36. The van der Waals surface area contributed by atoms with Gasteiger partial charge in [0.1, 0.15) is 11.6 Å². The maximum absolute atomic E-state index is 14.7. The van der Waals surface area contributed by atoms with Crippen molar-refractivity contribution in [1.29, 1.82) is 5.26 Å². The predicted octanol–water partition coefficient (Wildman–Crippen LogP) is 5.66. The number of pyridine rings is 1. The van der Waals surface area contributed by atoms with Crippen molar-refractivity contribution in [3.05, 3.63) is 70.3 Å². The smallest absolute Gasteiger partial charge is 0.205 e. The first kappa shape index (κ1) is 21.5. The SMILES string of the molecule is C/C(C#N)=C\C=C(/C)c1ccc(NCc2cnc(C)c3c2COC(C)(C)O3)c(F)c1. The number of halogens is 1. The molecule has 0 saturated carbocycles.